The highest BCUT2D eigenvalue weighted by Gasteiger charge is 2.35. The molecule has 44 heavy (non-hydrogen) atoms. The quantitative estimate of drug-likeness (QED) is 0.202. The van der Waals surface area contributed by atoms with Gasteiger partial charge in [-0.2, -0.15) is 10.5 Å². The minimum atomic E-state index is -2.45. The average Bonchev–Trinajstić information content (AvgIpc) is 3.02. The minimum Gasteiger partial charge on any atom is -0.238 e. The molecule has 3 aromatic carbocycles. The molecule has 0 aliphatic heterocycles. The zero-order valence-electron chi connectivity index (χ0n) is 20.6. The van der Waals surface area contributed by atoms with Crippen molar-refractivity contribution in [1.82, 2.24) is 0 Å². The molecule has 0 spiro atoms. The van der Waals surface area contributed by atoms with Gasteiger partial charge in [0, 0.05) is 16.0 Å². The molecular formula is C28F8N8. The number of hydrogen-bond acceptors (Lipinski definition) is 4. The van der Waals surface area contributed by atoms with E-state index in [4.69, 9.17) is 31.6 Å². The SMILES string of the molecule is [C-]#[N+]/C(C#N)=c1\c([N+]#[C-])c(-c2c(F)c(F)c([N+]#[C-])c(F)c2F)/c(=C(/C#N)[N+]#[C-])c(C#N)c1-c1c(F)c(F)c(C#N)c(F)c1F. The highest BCUT2D eigenvalue weighted by molar-refractivity contribution is 5.95. The van der Waals surface area contributed by atoms with Crippen LogP contribution in [0.25, 0.3) is 53.0 Å². The molecule has 0 fully saturated rings. The topological polar surface area (TPSA) is 113 Å². The standard InChI is InChI=1S/C28F8N8/c1-41-11(7-39)13-9(5-37)14(17-21(31)19(29)10(6-38)20(30)22(17)32)15(12(8-40)42-2)27(43-3)16(13)18-23(33)25(35)28(44-4)26(36)24(18)34/b13-11-,15-12-. The smallest absolute Gasteiger partial charge is 0.238 e. The van der Waals surface area contributed by atoms with Crippen molar-refractivity contribution in [2.75, 3.05) is 0 Å². The lowest BCUT2D eigenvalue weighted by Gasteiger charge is -2.18. The van der Waals surface area contributed by atoms with Gasteiger partial charge in [0.25, 0.3) is 17.1 Å². The number of nitrogens with zero attached hydrogens (tertiary/aromatic N) is 8. The van der Waals surface area contributed by atoms with E-state index >= 15 is 17.6 Å². The van der Waals surface area contributed by atoms with Crippen LogP contribution in [-0.2, 0) is 0 Å². The maximum absolute atomic E-state index is 15.4. The van der Waals surface area contributed by atoms with Gasteiger partial charge in [0.1, 0.15) is 11.6 Å². The lowest BCUT2D eigenvalue weighted by molar-refractivity contribution is 0.454. The first-order valence-electron chi connectivity index (χ1n) is 10.7. The molecule has 16 heteroatoms. The third-order valence-corrected chi connectivity index (χ3v) is 5.83. The molecule has 0 N–H and O–H groups in total. The molecule has 0 aromatic heterocycles. The Kier molecular flexibility index (Phi) is 8.32. The third kappa shape index (κ3) is 4.23. The van der Waals surface area contributed by atoms with Gasteiger partial charge in [0.15, 0.2) is 52.2 Å². The third-order valence-electron chi connectivity index (χ3n) is 5.83. The first kappa shape index (κ1) is 31.3. The largest absolute Gasteiger partial charge is 0.269 e. The molecule has 0 bridgehead atoms. The molecule has 0 saturated heterocycles. The van der Waals surface area contributed by atoms with Gasteiger partial charge in [-0.25, -0.2) is 65.0 Å². The molecule has 0 saturated carbocycles. The van der Waals surface area contributed by atoms with Crippen molar-refractivity contribution in [2.24, 2.45) is 0 Å². The Morgan fingerprint density at radius 1 is 0.455 bits per heavy atom. The van der Waals surface area contributed by atoms with Gasteiger partial charge < -0.3 is 0 Å². The molecule has 0 aliphatic rings. The van der Waals surface area contributed by atoms with Crippen LogP contribution in [0.2, 0.25) is 0 Å². The van der Waals surface area contributed by atoms with Gasteiger partial charge in [-0.05, 0) is 11.1 Å². The maximum Gasteiger partial charge on any atom is 0.269 e. The van der Waals surface area contributed by atoms with Crippen molar-refractivity contribution >= 4 is 22.8 Å². The van der Waals surface area contributed by atoms with Crippen molar-refractivity contribution in [3.63, 3.8) is 0 Å². The van der Waals surface area contributed by atoms with Gasteiger partial charge >= 0.3 is 0 Å². The first-order chi connectivity index (χ1) is 20.9. The molecule has 8 nitrogen and oxygen atoms in total. The molecule has 0 amide bonds. The van der Waals surface area contributed by atoms with Crippen molar-refractivity contribution in [1.29, 1.82) is 21.0 Å². The fourth-order valence-corrected chi connectivity index (χ4v) is 4.08. The molecule has 0 aliphatic carbocycles. The molecule has 0 unspecified atom stereocenters. The Bertz CT molecular complexity index is 2100. The van der Waals surface area contributed by atoms with Gasteiger partial charge in [0.05, 0.1) is 55.6 Å². The van der Waals surface area contributed by atoms with Crippen molar-refractivity contribution < 1.29 is 35.1 Å². The van der Waals surface area contributed by atoms with E-state index in [9.17, 15) is 33.3 Å². The van der Waals surface area contributed by atoms with Crippen LogP contribution < -0.4 is 10.4 Å². The van der Waals surface area contributed by atoms with E-state index in [0.717, 1.165) is 24.3 Å². The summed E-state index contributed by atoms with van der Waals surface area (Å²) in [4.78, 5) is 10.5. The van der Waals surface area contributed by atoms with E-state index in [2.05, 4.69) is 19.4 Å². The van der Waals surface area contributed by atoms with Crippen LogP contribution in [0.4, 0.5) is 46.5 Å². The second kappa shape index (κ2) is 11.7. The lowest BCUT2D eigenvalue weighted by atomic mass is 9.86. The average molecular weight is 600 g/mol. The normalized spacial score (nSPS) is 11.3. The summed E-state index contributed by atoms with van der Waals surface area (Å²) in [6.07, 6.45) is 0. The van der Waals surface area contributed by atoms with Gasteiger partial charge in [-0.3, -0.25) is 0 Å². The predicted octanol–water partition coefficient (Wildman–Crippen LogP) is 6.08. The molecule has 3 rings (SSSR count). The minimum absolute atomic E-state index is 0.834. The van der Waals surface area contributed by atoms with E-state index in [1.54, 1.807) is 0 Å². The van der Waals surface area contributed by atoms with Crippen molar-refractivity contribution in [3.05, 3.63) is 114 Å². The van der Waals surface area contributed by atoms with Crippen LogP contribution in [0.1, 0.15) is 11.1 Å². The zero-order valence-corrected chi connectivity index (χ0v) is 20.6. The van der Waals surface area contributed by atoms with E-state index in [-0.39, 0.29) is 0 Å². The summed E-state index contributed by atoms with van der Waals surface area (Å²) >= 11 is 0. The number of benzene rings is 3. The second-order valence-corrected chi connectivity index (χ2v) is 7.80. The number of hydrogen-bond donors (Lipinski definition) is 0. The number of halogens is 8. The van der Waals surface area contributed by atoms with Crippen LogP contribution in [-0.4, -0.2) is 0 Å². The summed E-state index contributed by atoms with van der Waals surface area (Å²) in [5.41, 5.74) is -16.7. The highest BCUT2D eigenvalue weighted by atomic mass is 19.2. The monoisotopic (exact) mass is 600 g/mol. The van der Waals surface area contributed by atoms with Crippen LogP contribution in [0.15, 0.2) is 0 Å². The second-order valence-electron chi connectivity index (χ2n) is 7.80. The summed E-state index contributed by atoms with van der Waals surface area (Å²) < 4.78 is 120. The summed E-state index contributed by atoms with van der Waals surface area (Å²) in [5.74, 6) is -19.3. The molecule has 0 atom stereocenters. The molecule has 3 aromatic rings. The van der Waals surface area contributed by atoms with E-state index in [1.807, 2.05) is 0 Å². The molecular weight excluding hydrogens is 600 g/mol. The van der Waals surface area contributed by atoms with Crippen LogP contribution >= 0.6 is 0 Å². The van der Waals surface area contributed by atoms with Crippen molar-refractivity contribution in [2.45, 2.75) is 0 Å². The number of rotatable bonds is 2. The van der Waals surface area contributed by atoms with E-state index < -0.39 is 113 Å². The fraction of sp³-hybridized carbons (Fsp3) is 0. The predicted molar refractivity (Wildman–Crippen MR) is 129 cm³/mol. The summed E-state index contributed by atoms with van der Waals surface area (Å²) in [6.45, 7) is 29.0. The fourth-order valence-electron chi connectivity index (χ4n) is 4.08. The summed E-state index contributed by atoms with van der Waals surface area (Å²) in [6, 6.07) is 4.27. The zero-order chi connectivity index (χ0) is 33.2. The summed E-state index contributed by atoms with van der Waals surface area (Å²) in [7, 11) is 0. The van der Waals surface area contributed by atoms with E-state index in [0.29, 0.717) is 0 Å². The Morgan fingerprint density at radius 2 is 0.841 bits per heavy atom. The lowest BCUT2D eigenvalue weighted by Crippen LogP contribution is -2.26. The van der Waals surface area contributed by atoms with Gasteiger partial charge in [0.2, 0.25) is 0 Å². The Hall–Kier alpha value is -7.24. The Balaban J connectivity index is 3.13. The molecule has 0 heterocycles. The van der Waals surface area contributed by atoms with Crippen LogP contribution in [0, 0.1) is 118 Å². The van der Waals surface area contributed by atoms with E-state index in [1.165, 1.54) is 0 Å². The molecule has 0 radical (unpaired) electrons. The maximum atomic E-state index is 15.4. The Labute approximate surface area is 239 Å². The summed E-state index contributed by atoms with van der Waals surface area (Å²) in [5, 5.41) is 35.2. The van der Waals surface area contributed by atoms with Crippen molar-refractivity contribution in [3.8, 4) is 46.5 Å². The number of nitriles is 4. The van der Waals surface area contributed by atoms with Gasteiger partial charge in [-0.1, -0.05) is 0 Å². The molecule has 208 valence electrons. The van der Waals surface area contributed by atoms with Gasteiger partial charge in [-0.15, -0.1) is 0 Å². The first-order valence-corrected chi connectivity index (χ1v) is 10.7. The highest BCUT2D eigenvalue weighted by Crippen LogP contribution is 2.40. The Morgan fingerprint density at radius 3 is 1.20 bits per heavy atom. The van der Waals surface area contributed by atoms with Crippen LogP contribution in [0.3, 0.4) is 0 Å². The van der Waals surface area contributed by atoms with Crippen LogP contribution in [0.5, 0.6) is 0 Å².